The molecule has 1 aromatic carbocycles. The molecule has 0 radical (unpaired) electrons. The number of nitrogens with zero attached hydrogens (tertiary/aromatic N) is 1. The van der Waals surface area contributed by atoms with Crippen molar-refractivity contribution in [2.75, 3.05) is 12.4 Å². The Morgan fingerprint density at radius 1 is 1.56 bits per heavy atom. The maximum Gasteiger partial charge on any atom is 0.167 e. The van der Waals surface area contributed by atoms with Crippen LogP contribution in [0.4, 0.5) is 10.1 Å². The molecule has 1 N–H and O–H groups in total. The fourth-order valence-electron chi connectivity index (χ4n) is 1.28. The van der Waals surface area contributed by atoms with Crippen molar-refractivity contribution in [3.8, 4) is 5.75 Å². The summed E-state index contributed by atoms with van der Waals surface area (Å²) in [6.07, 6.45) is 2.52. The maximum atomic E-state index is 13.5. The Morgan fingerprint density at radius 2 is 2.28 bits per heavy atom. The molecule has 0 aliphatic rings. The molecule has 1 rings (SSSR count). The number of hydrogen-bond donors (Lipinski definition) is 1. The number of benzene rings is 1. The summed E-state index contributed by atoms with van der Waals surface area (Å²) in [6.45, 7) is 3.74. The topological polar surface area (TPSA) is 33.6 Å². The third-order valence-electron chi connectivity index (χ3n) is 2.18. The first-order chi connectivity index (χ1) is 8.58. The van der Waals surface area contributed by atoms with E-state index in [9.17, 15) is 4.39 Å². The average Bonchev–Trinajstić information content (AvgIpc) is 2.36. The van der Waals surface area contributed by atoms with Crippen LogP contribution in [-0.4, -0.2) is 13.3 Å². The van der Waals surface area contributed by atoms with Crippen molar-refractivity contribution < 1.29 is 9.13 Å². The van der Waals surface area contributed by atoms with E-state index in [1.165, 1.54) is 13.2 Å². The molecule has 0 saturated heterocycles. The van der Waals surface area contributed by atoms with Crippen molar-refractivity contribution in [2.45, 2.75) is 20.3 Å². The fourth-order valence-corrected chi connectivity index (χ4v) is 1.40. The van der Waals surface area contributed by atoms with Gasteiger partial charge in [-0.15, -0.1) is 0 Å². The molecule has 0 fully saturated rings. The van der Waals surface area contributed by atoms with Gasteiger partial charge in [-0.3, -0.25) is 0 Å². The number of aliphatic imine (C=N–C) groups is 1. The van der Waals surface area contributed by atoms with Gasteiger partial charge in [0.2, 0.25) is 0 Å². The van der Waals surface area contributed by atoms with Gasteiger partial charge in [0.05, 0.1) is 7.11 Å². The lowest BCUT2D eigenvalue weighted by Crippen LogP contribution is -1.98. The van der Waals surface area contributed by atoms with Crippen molar-refractivity contribution in [1.29, 1.82) is 0 Å². The third-order valence-corrected chi connectivity index (χ3v) is 2.56. The minimum Gasteiger partial charge on any atom is -0.494 e. The Balaban J connectivity index is 2.84. The van der Waals surface area contributed by atoms with Crippen LogP contribution in [0.1, 0.15) is 20.3 Å². The summed E-state index contributed by atoms with van der Waals surface area (Å²) in [5.74, 6) is -0.222. The summed E-state index contributed by atoms with van der Waals surface area (Å²) < 4.78 is 18.3. The van der Waals surface area contributed by atoms with Crippen LogP contribution in [-0.2, 0) is 0 Å². The normalized spacial score (nSPS) is 12.5. The van der Waals surface area contributed by atoms with Crippen LogP contribution < -0.4 is 10.1 Å². The summed E-state index contributed by atoms with van der Waals surface area (Å²) in [7, 11) is 1.42. The van der Waals surface area contributed by atoms with Crippen molar-refractivity contribution in [1.82, 2.24) is 0 Å². The molecule has 1 aromatic rings. The highest BCUT2D eigenvalue weighted by atomic mass is 35.5. The molecule has 0 aliphatic heterocycles. The molecule has 0 heterocycles. The number of hydrogen-bond acceptors (Lipinski definition) is 3. The number of ether oxygens (including phenoxy) is 1. The van der Waals surface area contributed by atoms with Gasteiger partial charge >= 0.3 is 0 Å². The zero-order valence-electron chi connectivity index (χ0n) is 10.6. The summed E-state index contributed by atoms with van der Waals surface area (Å²) in [5.41, 5.74) is 1.25. The van der Waals surface area contributed by atoms with E-state index in [1.807, 2.05) is 6.92 Å². The molecule has 0 atom stereocenters. The van der Waals surface area contributed by atoms with E-state index in [2.05, 4.69) is 10.3 Å². The highest BCUT2D eigenvalue weighted by Crippen LogP contribution is 2.22. The molecule has 0 spiro atoms. The number of methoxy groups -OCH3 is 1. The van der Waals surface area contributed by atoms with Crippen LogP contribution in [0.3, 0.4) is 0 Å². The van der Waals surface area contributed by atoms with Gasteiger partial charge in [-0.2, -0.15) is 0 Å². The van der Waals surface area contributed by atoms with E-state index >= 15 is 0 Å². The highest BCUT2D eigenvalue weighted by Gasteiger charge is 2.04. The molecule has 0 aromatic heterocycles. The first kappa shape index (κ1) is 14.5. The predicted octanol–water partition coefficient (Wildman–Crippen LogP) is 4.15. The van der Waals surface area contributed by atoms with Gasteiger partial charge in [-0.05, 0) is 25.5 Å². The molecule has 18 heavy (non-hydrogen) atoms. The second-order valence-electron chi connectivity index (χ2n) is 3.61. The fraction of sp³-hybridized carbons (Fsp3) is 0.308. The minimum absolute atomic E-state index is 0.206. The Morgan fingerprint density at radius 3 is 2.83 bits per heavy atom. The highest BCUT2D eigenvalue weighted by molar-refractivity contribution is 6.30. The van der Waals surface area contributed by atoms with Crippen LogP contribution in [0, 0.1) is 5.82 Å². The molecule has 0 unspecified atom stereocenters. The second kappa shape index (κ2) is 7.01. The lowest BCUT2D eigenvalue weighted by Gasteiger charge is -2.09. The predicted molar refractivity (Wildman–Crippen MR) is 73.9 cm³/mol. The van der Waals surface area contributed by atoms with Crippen LogP contribution in [0.15, 0.2) is 34.0 Å². The monoisotopic (exact) mass is 270 g/mol. The number of nitrogens with one attached hydrogen (secondary N) is 1. The van der Waals surface area contributed by atoms with Gasteiger partial charge in [0.1, 0.15) is 5.16 Å². The Bertz CT molecular complexity index is 472. The van der Waals surface area contributed by atoms with Crippen molar-refractivity contribution >= 4 is 23.5 Å². The lowest BCUT2D eigenvalue weighted by molar-refractivity contribution is 0.386. The Labute approximate surface area is 111 Å². The van der Waals surface area contributed by atoms with Crippen LogP contribution >= 0.6 is 11.6 Å². The molecular formula is C13H16ClFN2O. The van der Waals surface area contributed by atoms with Gasteiger partial charge in [0.15, 0.2) is 11.6 Å². The van der Waals surface area contributed by atoms with Gasteiger partial charge in [0.25, 0.3) is 0 Å². The van der Waals surface area contributed by atoms with E-state index in [1.54, 1.807) is 25.3 Å². The zero-order valence-corrected chi connectivity index (χ0v) is 11.4. The van der Waals surface area contributed by atoms with Crippen molar-refractivity contribution in [3.05, 3.63) is 34.9 Å². The number of anilines is 1. The van der Waals surface area contributed by atoms with Gasteiger partial charge in [-0.1, -0.05) is 18.5 Å². The number of allylic oxidation sites excluding steroid dienone is 1. The molecule has 0 aliphatic carbocycles. The van der Waals surface area contributed by atoms with Gasteiger partial charge in [0, 0.05) is 23.7 Å². The maximum absolute atomic E-state index is 13.5. The van der Waals surface area contributed by atoms with Crippen LogP contribution in [0.5, 0.6) is 5.75 Å². The molecule has 3 nitrogen and oxygen atoms in total. The average molecular weight is 271 g/mol. The summed E-state index contributed by atoms with van der Waals surface area (Å²) >= 11 is 5.96. The molecular weight excluding hydrogens is 255 g/mol. The zero-order chi connectivity index (χ0) is 13.5. The lowest BCUT2D eigenvalue weighted by atomic mass is 10.3. The Hall–Kier alpha value is -1.55. The summed E-state index contributed by atoms with van der Waals surface area (Å²) in [6, 6.07) is 4.60. The first-order valence-corrected chi connectivity index (χ1v) is 5.95. The minimum atomic E-state index is -0.427. The standard InChI is InChI=1S/C13H16ClFN2O/c1-4-7-16-13(14)9(2)17-10-5-6-12(18-3)11(15)8-10/h5-8,17H,4H2,1-3H3/b13-9+,16-7-. The van der Waals surface area contributed by atoms with Gasteiger partial charge in [-0.25, -0.2) is 9.38 Å². The Kier molecular flexibility index (Phi) is 5.65. The quantitative estimate of drug-likeness (QED) is 0.644. The number of halogens is 2. The van der Waals surface area contributed by atoms with E-state index in [0.717, 1.165) is 6.42 Å². The third kappa shape index (κ3) is 4.04. The summed E-state index contributed by atoms with van der Waals surface area (Å²) in [5, 5.41) is 3.34. The van der Waals surface area contributed by atoms with Gasteiger partial charge < -0.3 is 10.1 Å². The summed E-state index contributed by atoms with van der Waals surface area (Å²) in [4.78, 5) is 4.03. The molecule has 98 valence electrons. The van der Waals surface area contributed by atoms with E-state index in [4.69, 9.17) is 16.3 Å². The molecule has 0 amide bonds. The van der Waals surface area contributed by atoms with Crippen LogP contribution in [0.25, 0.3) is 0 Å². The van der Waals surface area contributed by atoms with E-state index in [0.29, 0.717) is 16.5 Å². The van der Waals surface area contributed by atoms with Crippen LogP contribution in [0.2, 0.25) is 0 Å². The molecule has 5 heteroatoms. The van der Waals surface area contributed by atoms with E-state index < -0.39 is 5.82 Å². The van der Waals surface area contributed by atoms with Crippen molar-refractivity contribution in [2.24, 2.45) is 4.99 Å². The van der Waals surface area contributed by atoms with E-state index in [-0.39, 0.29) is 5.75 Å². The largest absolute Gasteiger partial charge is 0.494 e. The van der Waals surface area contributed by atoms with Crippen molar-refractivity contribution in [3.63, 3.8) is 0 Å². The molecule has 0 bridgehead atoms. The number of rotatable bonds is 5. The first-order valence-electron chi connectivity index (χ1n) is 5.58. The second-order valence-corrected chi connectivity index (χ2v) is 3.97. The molecule has 0 saturated carbocycles. The SMILES string of the molecule is CC/C=N\C(Cl)=C(/C)Nc1ccc(OC)c(F)c1. The smallest absolute Gasteiger partial charge is 0.167 e.